The van der Waals surface area contributed by atoms with Crippen molar-refractivity contribution in [2.24, 2.45) is 0 Å². The van der Waals surface area contributed by atoms with Gasteiger partial charge in [-0.25, -0.2) is 4.68 Å². The van der Waals surface area contributed by atoms with Gasteiger partial charge in [0, 0.05) is 10.9 Å². The highest BCUT2D eigenvalue weighted by molar-refractivity contribution is 5.95. The normalized spacial score (nSPS) is 11.0. The average molecular weight is 300 g/mol. The molecule has 0 bridgehead atoms. The molecule has 23 heavy (non-hydrogen) atoms. The van der Waals surface area contributed by atoms with E-state index in [1.165, 1.54) is 5.56 Å². The molecule has 4 rings (SSSR count). The van der Waals surface area contributed by atoms with Gasteiger partial charge in [-0.2, -0.15) is 5.10 Å². The standard InChI is InChI=1S/C20H16N2O/c1-14-7-9-16(10-8-14)22-19-12-11-17(23)13-18(19)20(21-22)15-5-3-2-4-6-15/h2-13,23H,1H3. The van der Waals surface area contributed by atoms with E-state index in [0.29, 0.717) is 0 Å². The maximum atomic E-state index is 9.88. The highest BCUT2D eigenvalue weighted by atomic mass is 16.3. The number of hydrogen-bond donors (Lipinski definition) is 1. The quantitative estimate of drug-likeness (QED) is 0.582. The van der Waals surface area contributed by atoms with Gasteiger partial charge in [-0.05, 0) is 37.3 Å². The molecule has 0 aliphatic heterocycles. The Labute approximate surface area is 134 Å². The van der Waals surface area contributed by atoms with E-state index in [1.807, 2.05) is 41.1 Å². The third kappa shape index (κ3) is 2.36. The Bertz CT molecular complexity index is 970. The summed E-state index contributed by atoms with van der Waals surface area (Å²) in [7, 11) is 0. The second-order valence-electron chi connectivity index (χ2n) is 5.66. The van der Waals surface area contributed by atoms with Crippen molar-refractivity contribution in [1.82, 2.24) is 9.78 Å². The minimum Gasteiger partial charge on any atom is -0.508 e. The van der Waals surface area contributed by atoms with Crippen LogP contribution in [0.2, 0.25) is 0 Å². The molecule has 0 aliphatic rings. The van der Waals surface area contributed by atoms with E-state index in [1.54, 1.807) is 12.1 Å². The van der Waals surface area contributed by atoms with Gasteiger partial charge in [-0.15, -0.1) is 0 Å². The monoisotopic (exact) mass is 300 g/mol. The van der Waals surface area contributed by atoms with Gasteiger partial charge in [0.2, 0.25) is 0 Å². The highest BCUT2D eigenvalue weighted by Crippen LogP contribution is 2.32. The summed E-state index contributed by atoms with van der Waals surface area (Å²) in [5, 5.41) is 15.6. The predicted octanol–water partition coefficient (Wildman–Crippen LogP) is 4.71. The summed E-state index contributed by atoms with van der Waals surface area (Å²) in [4.78, 5) is 0. The number of aromatic hydroxyl groups is 1. The van der Waals surface area contributed by atoms with Crippen molar-refractivity contribution >= 4 is 10.9 Å². The van der Waals surface area contributed by atoms with Gasteiger partial charge in [0.25, 0.3) is 0 Å². The van der Waals surface area contributed by atoms with Crippen LogP contribution in [0.15, 0.2) is 72.8 Å². The first-order valence-corrected chi connectivity index (χ1v) is 7.56. The minimum absolute atomic E-state index is 0.248. The minimum atomic E-state index is 0.248. The molecule has 0 atom stereocenters. The van der Waals surface area contributed by atoms with E-state index in [9.17, 15) is 5.11 Å². The zero-order valence-corrected chi connectivity index (χ0v) is 12.8. The zero-order chi connectivity index (χ0) is 15.8. The first-order valence-electron chi connectivity index (χ1n) is 7.56. The van der Waals surface area contributed by atoms with E-state index in [4.69, 9.17) is 5.10 Å². The maximum absolute atomic E-state index is 9.88. The molecule has 1 aromatic heterocycles. The SMILES string of the molecule is Cc1ccc(-n2nc(-c3ccccc3)c3cc(O)ccc32)cc1. The molecule has 4 aromatic rings. The van der Waals surface area contributed by atoms with Crippen LogP contribution in [0.25, 0.3) is 27.8 Å². The van der Waals surface area contributed by atoms with E-state index >= 15 is 0 Å². The molecule has 3 aromatic carbocycles. The topological polar surface area (TPSA) is 38.0 Å². The van der Waals surface area contributed by atoms with Crippen LogP contribution in [-0.4, -0.2) is 14.9 Å². The molecule has 0 saturated carbocycles. The number of fused-ring (bicyclic) bond motifs is 1. The van der Waals surface area contributed by atoms with Crippen LogP contribution >= 0.6 is 0 Å². The smallest absolute Gasteiger partial charge is 0.116 e. The fourth-order valence-corrected chi connectivity index (χ4v) is 2.80. The van der Waals surface area contributed by atoms with E-state index in [2.05, 4.69) is 31.2 Å². The summed E-state index contributed by atoms with van der Waals surface area (Å²) in [6.45, 7) is 2.07. The molecule has 0 saturated heterocycles. The van der Waals surface area contributed by atoms with E-state index in [-0.39, 0.29) is 5.75 Å². The van der Waals surface area contributed by atoms with Crippen LogP contribution in [0.3, 0.4) is 0 Å². The second-order valence-corrected chi connectivity index (χ2v) is 5.66. The van der Waals surface area contributed by atoms with Gasteiger partial charge in [0.1, 0.15) is 11.4 Å². The van der Waals surface area contributed by atoms with Crippen LogP contribution in [-0.2, 0) is 0 Å². The van der Waals surface area contributed by atoms with Gasteiger partial charge >= 0.3 is 0 Å². The summed E-state index contributed by atoms with van der Waals surface area (Å²) in [5.41, 5.74) is 5.11. The third-order valence-electron chi connectivity index (χ3n) is 3.99. The predicted molar refractivity (Wildman–Crippen MR) is 92.9 cm³/mol. The fraction of sp³-hybridized carbons (Fsp3) is 0.0500. The van der Waals surface area contributed by atoms with Crippen molar-refractivity contribution in [3.8, 4) is 22.7 Å². The fourth-order valence-electron chi connectivity index (χ4n) is 2.80. The van der Waals surface area contributed by atoms with Crippen LogP contribution in [0.1, 0.15) is 5.56 Å². The number of benzene rings is 3. The Kier molecular flexibility index (Phi) is 3.12. The van der Waals surface area contributed by atoms with Gasteiger partial charge in [-0.1, -0.05) is 48.0 Å². The summed E-state index contributed by atoms with van der Waals surface area (Å²) in [5.74, 6) is 0.248. The molecule has 0 fully saturated rings. The lowest BCUT2D eigenvalue weighted by Gasteiger charge is -2.03. The highest BCUT2D eigenvalue weighted by Gasteiger charge is 2.14. The van der Waals surface area contributed by atoms with Gasteiger partial charge in [0.05, 0.1) is 11.2 Å². The van der Waals surface area contributed by atoms with Gasteiger partial charge in [-0.3, -0.25) is 0 Å². The van der Waals surface area contributed by atoms with Crippen molar-refractivity contribution in [3.63, 3.8) is 0 Å². The maximum Gasteiger partial charge on any atom is 0.116 e. The van der Waals surface area contributed by atoms with Crippen molar-refractivity contribution in [2.75, 3.05) is 0 Å². The largest absolute Gasteiger partial charge is 0.508 e. The molecule has 112 valence electrons. The number of hydrogen-bond acceptors (Lipinski definition) is 2. The Hall–Kier alpha value is -3.07. The summed E-state index contributed by atoms with van der Waals surface area (Å²) >= 11 is 0. The number of nitrogens with zero attached hydrogens (tertiary/aromatic N) is 2. The number of rotatable bonds is 2. The number of phenols is 1. The average Bonchev–Trinajstić information content (AvgIpc) is 2.95. The molecular formula is C20H16N2O. The molecule has 0 amide bonds. The lowest BCUT2D eigenvalue weighted by Crippen LogP contribution is -1.96. The second kappa shape index (κ2) is 5.29. The molecular weight excluding hydrogens is 284 g/mol. The Morgan fingerprint density at radius 3 is 2.35 bits per heavy atom. The van der Waals surface area contributed by atoms with Crippen LogP contribution < -0.4 is 0 Å². The van der Waals surface area contributed by atoms with Gasteiger partial charge in [0.15, 0.2) is 0 Å². The molecule has 0 radical (unpaired) electrons. The number of aromatic nitrogens is 2. The van der Waals surface area contributed by atoms with Crippen molar-refractivity contribution in [1.29, 1.82) is 0 Å². The molecule has 0 unspecified atom stereocenters. The van der Waals surface area contributed by atoms with E-state index in [0.717, 1.165) is 27.8 Å². The molecule has 1 N–H and O–H groups in total. The van der Waals surface area contributed by atoms with Crippen LogP contribution in [0.5, 0.6) is 5.75 Å². The van der Waals surface area contributed by atoms with Crippen LogP contribution in [0, 0.1) is 6.92 Å². The summed E-state index contributed by atoms with van der Waals surface area (Å²) in [6, 6.07) is 23.7. The Balaban J connectivity index is 2.01. The lowest BCUT2D eigenvalue weighted by molar-refractivity contribution is 0.476. The Morgan fingerprint density at radius 2 is 1.61 bits per heavy atom. The molecule has 3 heteroatoms. The summed E-state index contributed by atoms with van der Waals surface area (Å²) < 4.78 is 1.93. The Morgan fingerprint density at radius 1 is 0.870 bits per heavy atom. The number of aryl methyl sites for hydroxylation is 1. The summed E-state index contributed by atoms with van der Waals surface area (Å²) in [6.07, 6.45) is 0. The molecule has 0 spiro atoms. The zero-order valence-electron chi connectivity index (χ0n) is 12.8. The van der Waals surface area contributed by atoms with Crippen molar-refractivity contribution in [3.05, 3.63) is 78.4 Å². The van der Waals surface area contributed by atoms with Crippen molar-refractivity contribution in [2.45, 2.75) is 6.92 Å². The number of phenolic OH excluding ortho intramolecular Hbond substituents is 1. The van der Waals surface area contributed by atoms with Crippen LogP contribution in [0.4, 0.5) is 0 Å². The van der Waals surface area contributed by atoms with Gasteiger partial charge < -0.3 is 5.11 Å². The third-order valence-corrected chi connectivity index (χ3v) is 3.99. The molecule has 3 nitrogen and oxygen atoms in total. The van der Waals surface area contributed by atoms with Crippen molar-refractivity contribution < 1.29 is 5.11 Å². The van der Waals surface area contributed by atoms with E-state index < -0.39 is 0 Å². The molecule has 1 heterocycles. The first-order chi connectivity index (χ1) is 11.2. The first kappa shape index (κ1) is 13.6. The lowest BCUT2D eigenvalue weighted by atomic mass is 10.1. The molecule has 0 aliphatic carbocycles.